The molecule has 1 aromatic rings. The van der Waals surface area contributed by atoms with Gasteiger partial charge in [-0.3, -0.25) is 0 Å². The van der Waals surface area contributed by atoms with Crippen molar-refractivity contribution in [2.45, 2.75) is 51.7 Å². The third kappa shape index (κ3) is 3.97. The van der Waals surface area contributed by atoms with Crippen LogP contribution in [-0.4, -0.2) is 34.8 Å². The number of piperidine rings is 1. The second-order valence-electron chi connectivity index (χ2n) is 6.91. The van der Waals surface area contributed by atoms with Crippen molar-refractivity contribution < 1.29 is 14.6 Å². The molecular weight excluding hydrogens is 266 g/mol. The highest BCUT2D eigenvalue weighted by atomic mass is 16.6. The molecule has 1 amide bonds. The van der Waals surface area contributed by atoms with Crippen LogP contribution >= 0.6 is 0 Å². The van der Waals surface area contributed by atoms with Crippen molar-refractivity contribution in [3.05, 3.63) is 35.4 Å². The molecule has 0 bridgehead atoms. The van der Waals surface area contributed by atoms with Crippen LogP contribution < -0.4 is 0 Å². The monoisotopic (exact) mass is 291 g/mol. The molecule has 1 fully saturated rings. The molecule has 2 rings (SSSR count). The first-order valence-electron chi connectivity index (χ1n) is 7.47. The first-order valence-corrected chi connectivity index (χ1v) is 7.47. The Labute approximate surface area is 126 Å². The molecule has 1 atom stereocenters. The van der Waals surface area contributed by atoms with Gasteiger partial charge in [-0.25, -0.2) is 4.79 Å². The molecule has 4 nitrogen and oxygen atoms in total. The minimum atomic E-state index is -0.985. The highest BCUT2D eigenvalue weighted by molar-refractivity contribution is 5.68. The average Bonchev–Trinajstić information content (AvgIpc) is 2.37. The molecule has 0 aromatic heterocycles. The van der Waals surface area contributed by atoms with Crippen LogP contribution in [0.5, 0.6) is 0 Å². The van der Waals surface area contributed by atoms with Gasteiger partial charge in [0.15, 0.2) is 0 Å². The standard InChI is InChI=1S/C17H25NO3/c1-13-7-5-8-14(11-13)17(20)9-6-10-18(12-17)15(19)21-16(2,3)4/h5,7-8,11,20H,6,9-10,12H2,1-4H3/t17-/m1/s1. The number of benzene rings is 1. The molecule has 1 N–H and O–H groups in total. The summed E-state index contributed by atoms with van der Waals surface area (Å²) in [6.07, 6.45) is 1.08. The van der Waals surface area contributed by atoms with Gasteiger partial charge in [-0.2, -0.15) is 0 Å². The van der Waals surface area contributed by atoms with Crippen LogP contribution in [0.1, 0.15) is 44.7 Å². The first-order chi connectivity index (χ1) is 9.70. The molecule has 1 aliphatic heterocycles. The number of hydrogen-bond donors (Lipinski definition) is 1. The van der Waals surface area contributed by atoms with Gasteiger partial charge in [0.25, 0.3) is 0 Å². The molecule has 116 valence electrons. The van der Waals surface area contributed by atoms with Crippen molar-refractivity contribution in [1.82, 2.24) is 4.90 Å². The summed E-state index contributed by atoms with van der Waals surface area (Å²) < 4.78 is 5.41. The second kappa shape index (κ2) is 5.68. The van der Waals surface area contributed by atoms with Crippen LogP contribution in [0.3, 0.4) is 0 Å². The van der Waals surface area contributed by atoms with Crippen LogP contribution in [-0.2, 0) is 10.3 Å². The van der Waals surface area contributed by atoms with E-state index in [0.29, 0.717) is 13.0 Å². The van der Waals surface area contributed by atoms with Crippen LogP contribution in [0.2, 0.25) is 0 Å². The lowest BCUT2D eigenvalue weighted by Crippen LogP contribution is -2.49. The zero-order chi connectivity index (χ0) is 15.7. The Morgan fingerprint density at radius 1 is 1.38 bits per heavy atom. The lowest BCUT2D eigenvalue weighted by atomic mass is 9.85. The van der Waals surface area contributed by atoms with E-state index in [1.54, 1.807) is 4.90 Å². The van der Waals surface area contributed by atoms with E-state index in [-0.39, 0.29) is 12.6 Å². The van der Waals surface area contributed by atoms with Crippen molar-refractivity contribution in [2.24, 2.45) is 0 Å². The zero-order valence-electron chi connectivity index (χ0n) is 13.3. The Bertz CT molecular complexity index is 521. The number of amides is 1. The number of β-amino-alcohol motifs (C(OH)–C–C–N with tert-alkyl or cyclic N) is 1. The largest absolute Gasteiger partial charge is 0.444 e. The summed E-state index contributed by atoms with van der Waals surface area (Å²) in [5.41, 5.74) is 0.475. The maximum Gasteiger partial charge on any atom is 0.410 e. The van der Waals surface area contributed by atoms with Crippen LogP contribution in [0, 0.1) is 6.92 Å². The smallest absolute Gasteiger partial charge is 0.410 e. The minimum absolute atomic E-state index is 0.283. The number of ether oxygens (including phenoxy) is 1. The van der Waals surface area contributed by atoms with E-state index in [2.05, 4.69) is 0 Å². The molecule has 1 saturated heterocycles. The molecule has 1 heterocycles. The van der Waals surface area contributed by atoms with Crippen molar-refractivity contribution in [1.29, 1.82) is 0 Å². The van der Waals surface area contributed by atoms with Gasteiger partial charge in [-0.1, -0.05) is 29.8 Å². The lowest BCUT2D eigenvalue weighted by Gasteiger charge is -2.40. The van der Waals surface area contributed by atoms with Gasteiger partial charge in [0.2, 0.25) is 0 Å². The molecular formula is C17H25NO3. The number of rotatable bonds is 1. The van der Waals surface area contributed by atoms with Crippen LogP contribution in [0.15, 0.2) is 24.3 Å². The number of aryl methyl sites for hydroxylation is 1. The van der Waals surface area contributed by atoms with E-state index in [4.69, 9.17) is 4.74 Å². The maximum atomic E-state index is 12.2. The normalized spacial score (nSPS) is 23.0. The quantitative estimate of drug-likeness (QED) is 0.864. The third-order valence-electron chi connectivity index (χ3n) is 3.68. The van der Waals surface area contributed by atoms with Gasteiger partial charge in [0.05, 0.1) is 6.54 Å². The van der Waals surface area contributed by atoms with Gasteiger partial charge < -0.3 is 14.7 Å². The number of nitrogens with zero attached hydrogens (tertiary/aromatic N) is 1. The molecule has 1 aliphatic rings. The lowest BCUT2D eigenvalue weighted by molar-refractivity contribution is -0.0465. The molecule has 1 aromatic carbocycles. The van der Waals surface area contributed by atoms with Crippen LogP contribution in [0.4, 0.5) is 4.79 Å². The summed E-state index contributed by atoms with van der Waals surface area (Å²) in [6.45, 7) is 8.46. The third-order valence-corrected chi connectivity index (χ3v) is 3.68. The molecule has 4 heteroatoms. The number of aliphatic hydroxyl groups is 1. The number of carbonyl (C=O) groups excluding carboxylic acids is 1. The zero-order valence-corrected chi connectivity index (χ0v) is 13.3. The SMILES string of the molecule is Cc1cccc([C@@]2(O)CCCN(C(=O)OC(C)(C)C)C2)c1. The minimum Gasteiger partial charge on any atom is -0.444 e. The van der Waals surface area contributed by atoms with E-state index in [1.165, 1.54) is 0 Å². The summed E-state index contributed by atoms with van der Waals surface area (Å²) in [7, 11) is 0. The molecule has 0 radical (unpaired) electrons. The first kappa shape index (κ1) is 15.8. The highest BCUT2D eigenvalue weighted by Gasteiger charge is 2.38. The van der Waals surface area contributed by atoms with Crippen molar-refractivity contribution in [3.8, 4) is 0 Å². The van der Waals surface area contributed by atoms with Gasteiger partial charge in [0, 0.05) is 6.54 Å². The summed E-state index contributed by atoms with van der Waals surface area (Å²) in [5.74, 6) is 0. The molecule has 0 aliphatic carbocycles. The predicted molar refractivity (Wildman–Crippen MR) is 82.1 cm³/mol. The van der Waals surface area contributed by atoms with Gasteiger partial charge >= 0.3 is 6.09 Å². The Morgan fingerprint density at radius 2 is 2.10 bits per heavy atom. The van der Waals surface area contributed by atoms with Crippen molar-refractivity contribution in [2.75, 3.05) is 13.1 Å². The molecule has 0 saturated carbocycles. The fourth-order valence-corrected chi connectivity index (χ4v) is 2.69. The van der Waals surface area contributed by atoms with Crippen LogP contribution in [0.25, 0.3) is 0 Å². The van der Waals surface area contributed by atoms with E-state index in [9.17, 15) is 9.90 Å². The van der Waals surface area contributed by atoms with E-state index < -0.39 is 11.2 Å². The number of hydrogen-bond acceptors (Lipinski definition) is 3. The molecule has 0 unspecified atom stereocenters. The Kier molecular flexibility index (Phi) is 4.28. The Balaban J connectivity index is 2.15. The van der Waals surface area contributed by atoms with Gasteiger partial charge in [0.1, 0.15) is 11.2 Å². The molecule has 0 spiro atoms. The maximum absolute atomic E-state index is 12.2. The van der Waals surface area contributed by atoms with E-state index in [1.807, 2.05) is 52.0 Å². The van der Waals surface area contributed by atoms with E-state index >= 15 is 0 Å². The second-order valence-corrected chi connectivity index (χ2v) is 6.91. The predicted octanol–water partition coefficient (Wildman–Crippen LogP) is 3.21. The fourth-order valence-electron chi connectivity index (χ4n) is 2.69. The highest BCUT2D eigenvalue weighted by Crippen LogP contribution is 2.32. The molecule has 21 heavy (non-hydrogen) atoms. The fraction of sp³-hybridized carbons (Fsp3) is 0.588. The van der Waals surface area contributed by atoms with Crippen molar-refractivity contribution >= 4 is 6.09 Å². The average molecular weight is 291 g/mol. The topological polar surface area (TPSA) is 49.8 Å². The Hall–Kier alpha value is -1.55. The van der Waals surface area contributed by atoms with E-state index in [0.717, 1.165) is 17.5 Å². The summed E-state index contributed by atoms with van der Waals surface area (Å²) in [6, 6.07) is 7.85. The summed E-state index contributed by atoms with van der Waals surface area (Å²) >= 11 is 0. The van der Waals surface area contributed by atoms with Crippen molar-refractivity contribution in [3.63, 3.8) is 0 Å². The Morgan fingerprint density at radius 3 is 2.71 bits per heavy atom. The summed E-state index contributed by atoms with van der Waals surface area (Å²) in [5, 5.41) is 10.9. The van der Waals surface area contributed by atoms with Gasteiger partial charge in [-0.15, -0.1) is 0 Å². The van der Waals surface area contributed by atoms with Gasteiger partial charge in [-0.05, 0) is 46.1 Å². The summed E-state index contributed by atoms with van der Waals surface area (Å²) in [4.78, 5) is 13.8. The number of carbonyl (C=O) groups is 1. The number of likely N-dealkylation sites (tertiary alicyclic amines) is 1.